The first-order valence-corrected chi connectivity index (χ1v) is 11.5. The van der Waals surface area contributed by atoms with Crippen LogP contribution in [-0.4, -0.2) is 21.2 Å². The van der Waals surface area contributed by atoms with Crippen LogP contribution in [0.15, 0.2) is 83.3 Å². The standard InChI is InChI=1S/C24H18N4O2S2/c1-2-12-28-23(30)22-19(13-20(32-22)17-6-4-3-5-7-17)27-24(28)31-15-21(29)26-18-10-8-16(14-25)9-11-18/h2-11,13H,1,12,15H2,(H,26,29). The summed E-state index contributed by atoms with van der Waals surface area (Å²) in [4.78, 5) is 31.2. The maximum absolute atomic E-state index is 13.1. The van der Waals surface area contributed by atoms with Gasteiger partial charge in [0.25, 0.3) is 5.56 Å². The van der Waals surface area contributed by atoms with Crippen LogP contribution in [0.1, 0.15) is 5.56 Å². The average Bonchev–Trinajstić information content (AvgIpc) is 3.25. The van der Waals surface area contributed by atoms with Crippen molar-refractivity contribution in [1.29, 1.82) is 5.26 Å². The number of hydrogen-bond donors (Lipinski definition) is 1. The third-order valence-corrected chi connectivity index (χ3v) is 6.74. The summed E-state index contributed by atoms with van der Waals surface area (Å²) < 4.78 is 2.12. The maximum Gasteiger partial charge on any atom is 0.272 e. The summed E-state index contributed by atoms with van der Waals surface area (Å²) in [5.41, 5.74) is 2.63. The topological polar surface area (TPSA) is 87.8 Å². The van der Waals surface area contributed by atoms with E-state index in [4.69, 9.17) is 5.26 Å². The van der Waals surface area contributed by atoms with Crippen LogP contribution < -0.4 is 10.9 Å². The number of thioether (sulfide) groups is 1. The molecule has 0 saturated carbocycles. The molecule has 0 aliphatic rings. The minimum Gasteiger partial charge on any atom is -0.325 e. The molecule has 2 heterocycles. The second kappa shape index (κ2) is 9.64. The maximum atomic E-state index is 13.1. The Morgan fingerprint density at radius 1 is 1.22 bits per heavy atom. The van der Waals surface area contributed by atoms with Crippen LogP contribution >= 0.6 is 23.1 Å². The molecule has 0 unspecified atom stereocenters. The Kier molecular flexibility index (Phi) is 6.50. The van der Waals surface area contributed by atoms with Crippen LogP contribution in [0, 0.1) is 11.3 Å². The highest BCUT2D eigenvalue weighted by atomic mass is 32.2. The van der Waals surface area contributed by atoms with Crippen LogP contribution in [0.25, 0.3) is 20.7 Å². The van der Waals surface area contributed by atoms with Crippen LogP contribution in [-0.2, 0) is 11.3 Å². The Balaban J connectivity index is 1.58. The lowest BCUT2D eigenvalue weighted by Crippen LogP contribution is -2.23. The Morgan fingerprint density at radius 3 is 2.66 bits per heavy atom. The molecule has 0 aliphatic carbocycles. The molecular formula is C24H18N4O2S2. The zero-order chi connectivity index (χ0) is 22.5. The zero-order valence-corrected chi connectivity index (χ0v) is 18.6. The Hall–Kier alpha value is -3.67. The van der Waals surface area contributed by atoms with Crippen molar-refractivity contribution < 1.29 is 4.79 Å². The number of benzene rings is 2. The van der Waals surface area contributed by atoms with Gasteiger partial charge in [-0.2, -0.15) is 5.26 Å². The van der Waals surface area contributed by atoms with Gasteiger partial charge in [-0.05, 0) is 35.9 Å². The minimum absolute atomic E-state index is 0.0881. The molecule has 0 spiro atoms. The van der Waals surface area contributed by atoms with Crippen LogP contribution in [0.4, 0.5) is 5.69 Å². The molecule has 1 N–H and O–H groups in total. The molecule has 0 radical (unpaired) electrons. The van der Waals surface area contributed by atoms with E-state index in [9.17, 15) is 9.59 Å². The van der Waals surface area contributed by atoms with Crippen molar-refractivity contribution in [1.82, 2.24) is 9.55 Å². The molecule has 2 aromatic carbocycles. The molecule has 4 aromatic rings. The van der Waals surface area contributed by atoms with Gasteiger partial charge in [0.05, 0.1) is 22.9 Å². The largest absolute Gasteiger partial charge is 0.325 e. The first kappa shape index (κ1) is 21.6. The number of thiophene rings is 1. The fraction of sp³-hybridized carbons (Fsp3) is 0.0833. The van der Waals surface area contributed by atoms with Gasteiger partial charge in [0.1, 0.15) is 4.70 Å². The lowest BCUT2D eigenvalue weighted by Gasteiger charge is -2.10. The Morgan fingerprint density at radius 2 is 1.97 bits per heavy atom. The Labute approximate surface area is 192 Å². The van der Waals surface area contributed by atoms with E-state index in [1.165, 1.54) is 23.1 Å². The van der Waals surface area contributed by atoms with Crippen molar-refractivity contribution in [3.05, 3.63) is 89.2 Å². The van der Waals surface area contributed by atoms with Gasteiger partial charge in [-0.1, -0.05) is 48.2 Å². The van der Waals surface area contributed by atoms with E-state index in [1.807, 2.05) is 42.5 Å². The van der Waals surface area contributed by atoms with Crippen molar-refractivity contribution in [2.45, 2.75) is 11.7 Å². The van der Waals surface area contributed by atoms with Crippen molar-refractivity contribution in [2.75, 3.05) is 11.1 Å². The summed E-state index contributed by atoms with van der Waals surface area (Å²) in [6.45, 7) is 4.05. The lowest BCUT2D eigenvalue weighted by molar-refractivity contribution is -0.113. The molecule has 2 aromatic heterocycles. The number of rotatable bonds is 7. The summed E-state index contributed by atoms with van der Waals surface area (Å²) >= 11 is 2.61. The number of carbonyl (C=O) groups excluding carboxylic acids is 1. The van der Waals surface area contributed by atoms with Crippen molar-refractivity contribution in [3.8, 4) is 16.5 Å². The number of hydrogen-bond acceptors (Lipinski definition) is 6. The van der Waals surface area contributed by atoms with E-state index in [2.05, 4.69) is 16.9 Å². The molecule has 6 nitrogen and oxygen atoms in total. The van der Waals surface area contributed by atoms with Gasteiger partial charge in [0, 0.05) is 17.1 Å². The number of nitrogens with one attached hydrogen (secondary N) is 1. The smallest absolute Gasteiger partial charge is 0.272 e. The highest BCUT2D eigenvalue weighted by Gasteiger charge is 2.16. The predicted molar refractivity (Wildman–Crippen MR) is 130 cm³/mol. The summed E-state index contributed by atoms with van der Waals surface area (Å²) in [5, 5.41) is 12.1. The lowest BCUT2D eigenvalue weighted by atomic mass is 10.2. The molecule has 4 rings (SSSR count). The molecule has 0 fully saturated rings. The number of amides is 1. The van der Waals surface area contributed by atoms with Gasteiger partial charge in [-0.3, -0.25) is 14.2 Å². The summed E-state index contributed by atoms with van der Waals surface area (Å²) in [7, 11) is 0. The van der Waals surface area contributed by atoms with Gasteiger partial charge in [-0.25, -0.2) is 4.98 Å². The number of nitrogens with zero attached hydrogens (tertiary/aromatic N) is 3. The quantitative estimate of drug-likeness (QED) is 0.241. The highest BCUT2D eigenvalue weighted by molar-refractivity contribution is 7.99. The molecule has 0 atom stereocenters. The molecule has 0 aliphatic heterocycles. The monoisotopic (exact) mass is 458 g/mol. The summed E-state index contributed by atoms with van der Waals surface area (Å²) in [6, 6.07) is 20.4. The molecule has 158 valence electrons. The van der Waals surface area contributed by atoms with E-state index in [0.717, 1.165) is 10.4 Å². The third kappa shape index (κ3) is 4.64. The fourth-order valence-corrected chi connectivity index (χ4v) is 4.95. The SMILES string of the molecule is C=CCn1c(SCC(=O)Nc2ccc(C#N)cc2)nc2cc(-c3ccccc3)sc2c1=O. The van der Waals surface area contributed by atoms with Crippen molar-refractivity contribution in [2.24, 2.45) is 0 Å². The minimum atomic E-state index is -0.227. The number of allylic oxidation sites excluding steroid dienone is 1. The Bertz CT molecular complexity index is 1380. The molecule has 8 heteroatoms. The molecular weight excluding hydrogens is 440 g/mol. The average molecular weight is 459 g/mol. The van der Waals surface area contributed by atoms with Crippen LogP contribution in [0.2, 0.25) is 0 Å². The number of carbonyl (C=O) groups is 1. The van der Waals surface area contributed by atoms with E-state index in [1.54, 1.807) is 34.9 Å². The predicted octanol–water partition coefficient (Wildman–Crippen LogP) is 4.91. The molecule has 0 saturated heterocycles. The molecule has 1 amide bonds. The summed E-state index contributed by atoms with van der Waals surface area (Å²) in [6.07, 6.45) is 1.64. The van der Waals surface area contributed by atoms with Gasteiger partial charge in [0.2, 0.25) is 5.91 Å². The zero-order valence-electron chi connectivity index (χ0n) is 16.9. The number of anilines is 1. The second-order valence-electron chi connectivity index (χ2n) is 6.82. The van der Waals surface area contributed by atoms with E-state index < -0.39 is 0 Å². The fourth-order valence-electron chi connectivity index (χ4n) is 3.09. The first-order valence-electron chi connectivity index (χ1n) is 9.72. The third-order valence-electron chi connectivity index (χ3n) is 4.60. The highest BCUT2D eigenvalue weighted by Crippen LogP contribution is 2.32. The second-order valence-corrected chi connectivity index (χ2v) is 8.81. The van der Waals surface area contributed by atoms with Crippen LogP contribution in [0.5, 0.6) is 0 Å². The first-order chi connectivity index (χ1) is 15.6. The van der Waals surface area contributed by atoms with E-state index in [0.29, 0.717) is 33.2 Å². The van der Waals surface area contributed by atoms with E-state index in [-0.39, 0.29) is 17.2 Å². The molecule has 32 heavy (non-hydrogen) atoms. The van der Waals surface area contributed by atoms with E-state index >= 15 is 0 Å². The number of aromatic nitrogens is 2. The van der Waals surface area contributed by atoms with Gasteiger partial charge in [-0.15, -0.1) is 17.9 Å². The van der Waals surface area contributed by atoms with Crippen molar-refractivity contribution >= 4 is 44.9 Å². The van der Waals surface area contributed by atoms with Crippen LogP contribution in [0.3, 0.4) is 0 Å². The molecule has 0 bridgehead atoms. The summed E-state index contributed by atoms with van der Waals surface area (Å²) in [5.74, 6) is -0.139. The van der Waals surface area contributed by atoms with Gasteiger partial charge in [0.15, 0.2) is 5.16 Å². The normalized spacial score (nSPS) is 10.6. The number of fused-ring (bicyclic) bond motifs is 1. The van der Waals surface area contributed by atoms with Crippen molar-refractivity contribution in [3.63, 3.8) is 0 Å². The van der Waals surface area contributed by atoms with Gasteiger partial charge >= 0.3 is 0 Å². The van der Waals surface area contributed by atoms with Gasteiger partial charge < -0.3 is 5.32 Å². The number of nitriles is 1.